The number of carbonyl (C=O) groups is 1. The summed E-state index contributed by atoms with van der Waals surface area (Å²) in [6.45, 7) is 0. The van der Waals surface area contributed by atoms with E-state index >= 15 is 0 Å². The number of hydrogen-bond donors (Lipinski definition) is 2. The van der Waals surface area contributed by atoms with E-state index in [0.717, 1.165) is 12.1 Å². The maximum Gasteiger partial charge on any atom is 0.255 e. The Morgan fingerprint density at radius 1 is 1.05 bits per heavy atom. The van der Waals surface area contributed by atoms with Crippen molar-refractivity contribution in [2.45, 2.75) is 0 Å². The van der Waals surface area contributed by atoms with Crippen LogP contribution in [0, 0.1) is 5.82 Å². The third-order valence-electron chi connectivity index (χ3n) is 2.46. The summed E-state index contributed by atoms with van der Waals surface area (Å²) in [6.07, 6.45) is 0. The molecule has 0 unspecified atom stereocenters. The van der Waals surface area contributed by atoms with Crippen LogP contribution in [-0.4, -0.2) is 11.0 Å². The van der Waals surface area contributed by atoms with Gasteiger partial charge in [-0.1, -0.05) is 34.8 Å². The number of benzene rings is 2. The van der Waals surface area contributed by atoms with Crippen molar-refractivity contribution in [2.75, 3.05) is 5.32 Å². The molecule has 0 heterocycles. The van der Waals surface area contributed by atoms with E-state index in [0.29, 0.717) is 0 Å². The lowest BCUT2D eigenvalue weighted by Crippen LogP contribution is -2.12. The van der Waals surface area contributed by atoms with Crippen molar-refractivity contribution in [3.63, 3.8) is 0 Å². The number of aromatic hydroxyl groups is 1. The first kappa shape index (κ1) is 14.9. The van der Waals surface area contributed by atoms with Gasteiger partial charge in [-0.05, 0) is 30.3 Å². The van der Waals surface area contributed by atoms with E-state index in [4.69, 9.17) is 34.8 Å². The van der Waals surface area contributed by atoms with Crippen LogP contribution in [0.25, 0.3) is 0 Å². The summed E-state index contributed by atoms with van der Waals surface area (Å²) in [4.78, 5) is 12.0. The van der Waals surface area contributed by atoms with Gasteiger partial charge in [0, 0.05) is 5.56 Å². The molecule has 0 saturated carbocycles. The second-order valence-electron chi connectivity index (χ2n) is 3.86. The van der Waals surface area contributed by atoms with E-state index in [-0.39, 0.29) is 32.1 Å². The first-order valence-corrected chi connectivity index (χ1v) is 6.46. The van der Waals surface area contributed by atoms with Crippen LogP contribution in [0.2, 0.25) is 15.1 Å². The minimum atomic E-state index is -0.606. The lowest BCUT2D eigenvalue weighted by molar-refractivity contribution is 0.102. The molecule has 2 aromatic rings. The zero-order valence-corrected chi connectivity index (χ0v) is 12.0. The number of amides is 1. The molecule has 0 radical (unpaired) electrons. The molecule has 2 N–H and O–H groups in total. The number of rotatable bonds is 2. The lowest BCUT2D eigenvalue weighted by atomic mass is 10.2. The van der Waals surface area contributed by atoms with Gasteiger partial charge in [-0.25, -0.2) is 4.39 Å². The van der Waals surface area contributed by atoms with Crippen LogP contribution >= 0.6 is 34.8 Å². The zero-order valence-electron chi connectivity index (χ0n) is 9.75. The molecule has 20 heavy (non-hydrogen) atoms. The van der Waals surface area contributed by atoms with Crippen LogP contribution in [0.3, 0.4) is 0 Å². The molecule has 0 bridgehead atoms. The number of phenolic OH excluding ortho intramolecular Hbond substituents is 1. The first-order chi connectivity index (χ1) is 9.38. The van der Waals surface area contributed by atoms with E-state index in [9.17, 15) is 14.3 Å². The van der Waals surface area contributed by atoms with Crippen LogP contribution in [0.15, 0.2) is 30.3 Å². The summed E-state index contributed by atoms with van der Waals surface area (Å²) < 4.78 is 13.0. The van der Waals surface area contributed by atoms with Crippen molar-refractivity contribution in [3.8, 4) is 5.75 Å². The van der Waals surface area contributed by atoms with Gasteiger partial charge in [0.2, 0.25) is 0 Å². The highest BCUT2D eigenvalue weighted by Crippen LogP contribution is 2.32. The van der Waals surface area contributed by atoms with Crippen molar-refractivity contribution in [2.24, 2.45) is 0 Å². The topological polar surface area (TPSA) is 49.3 Å². The van der Waals surface area contributed by atoms with Crippen molar-refractivity contribution in [3.05, 3.63) is 56.8 Å². The van der Waals surface area contributed by atoms with Crippen molar-refractivity contribution >= 4 is 46.4 Å². The second kappa shape index (κ2) is 5.87. The van der Waals surface area contributed by atoms with Crippen molar-refractivity contribution < 1.29 is 14.3 Å². The summed E-state index contributed by atoms with van der Waals surface area (Å²) >= 11 is 17.3. The van der Waals surface area contributed by atoms with E-state index in [1.165, 1.54) is 18.2 Å². The Bertz CT molecular complexity index is 668. The molecule has 0 aromatic heterocycles. The van der Waals surface area contributed by atoms with Gasteiger partial charge in [0.05, 0.1) is 20.8 Å². The third-order valence-corrected chi connectivity index (χ3v) is 3.35. The van der Waals surface area contributed by atoms with Crippen molar-refractivity contribution in [1.29, 1.82) is 0 Å². The molecular weight excluding hydrogens is 328 g/mol. The summed E-state index contributed by atoms with van der Waals surface area (Å²) in [6, 6.07) is 6.02. The normalized spacial score (nSPS) is 10.4. The molecule has 0 spiro atoms. The predicted molar refractivity (Wildman–Crippen MR) is 77.5 cm³/mol. The Morgan fingerprint density at radius 3 is 2.20 bits per heavy atom. The zero-order chi connectivity index (χ0) is 14.9. The average molecular weight is 335 g/mol. The molecular formula is C13H7Cl3FNO2. The quantitative estimate of drug-likeness (QED) is 0.833. The molecule has 0 fully saturated rings. The Morgan fingerprint density at radius 2 is 1.65 bits per heavy atom. The first-order valence-electron chi connectivity index (χ1n) is 5.33. The average Bonchev–Trinajstić information content (AvgIpc) is 2.36. The van der Waals surface area contributed by atoms with Gasteiger partial charge in [0.15, 0.2) is 0 Å². The number of carbonyl (C=O) groups excluding carboxylic acids is 1. The maximum atomic E-state index is 13.0. The Hall–Kier alpha value is -1.49. The number of phenols is 1. The van der Waals surface area contributed by atoms with Gasteiger partial charge in [0.1, 0.15) is 11.6 Å². The molecule has 7 heteroatoms. The highest BCUT2D eigenvalue weighted by molar-refractivity contribution is 6.40. The number of hydrogen-bond acceptors (Lipinski definition) is 2. The molecule has 2 rings (SSSR count). The number of halogens is 4. The van der Waals surface area contributed by atoms with Crippen LogP contribution in [0.5, 0.6) is 5.75 Å². The highest BCUT2D eigenvalue weighted by Gasteiger charge is 2.14. The fourth-order valence-corrected chi connectivity index (χ4v) is 2.23. The standard InChI is InChI=1S/C13H7Cl3FNO2/c14-8-3-6(1-2-11(8)19)13(20)18-12-9(15)4-7(17)5-10(12)16/h1-5,19H,(H,18,20). The Kier molecular flexibility index (Phi) is 4.38. The van der Waals surface area contributed by atoms with E-state index in [2.05, 4.69) is 5.32 Å². The van der Waals surface area contributed by atoms with Gasteiger partial charge in [-0.3, -0.25) is 4.79 Å². The molecule has 0 atom stereocenters. The largest absolute Gasteiger partial charge is 0.506 e. The Balaban J connectivity index is 2.30. The fraction of sp³-hybridized carbons (Fsp3) is 0. The molecule has 1 amide bonds. The number of nitrogens with one attached hydrogen (secondary N) is 1. The SMILES string of the molecule is O=C(Nc1c(Cl)cc(F)cc1Cl)c1ccc(O)c(Cl)c1. The fourth-order valence-electron chi connectivity index (χ4n) is 1.50. The molecule has 0 saturated heterocycles. The predicted octanol–water partition coefficient (Wildman–Crippen LogP) is 4.74. The van der Waals surface area contributed by atoms with Crippen LogP contribution < -0.4 is 5.32 Å². The molecule has 0 aliphatic carbocycles. The Labute approximate surface area is 128 Å². The lowest BCUT2D eigenvalue weighted by Gasteiger charge is -2.10. The van der Waals surface area contributed by atoms with Gasteiger partial charge in [0.25, 0.3) is 5.91 Å². The third kappa shape index (κ3) is 3.15. The number of anilines is 1. The van der Waals surface area contributed by atoms with Gasteiger partial charge < -0.3 is 10.4 Å². The summed E-state index contributed by atoms with van der Waals surface area (Å²) in [5, 5.41) is 11.7. The maximum absolute atomic E-state index is 13.0. The highest BCUT2D eigenvalue weighted by atomic mass is 35.5. The van der Waals surface area contributed by atoms with Crippen LogP contribution in [0.1, 0.15) is 10.4 Å². The van der Waals surface area contributed by atoms with Gasteiger partial charge in [-0.2, -0.15) is 0 Å². The molecule has 2 aromatic carbocycles. The monoisotopic (exact) mass is 333 g/mol. The molecule has 3 nitrogen and oxygen atoms in total. The minimum Gasteiger partial charge on any atom is -0.506 e. The van der Waals surface area contributed by atoms with Crippen LogP contribution in [-0.2, 0) is 0 Å². The summed E-state index contributed by atoms with van der Waals surface area (Å²) in [7, 11) is 0. The minimum absolute atomic E-state index is 0.0202. The van der Waals surface area contributed by atoms with E-state index in [1.807, 2.05) is 0 Å². The van der Waals surface area contributed by atoms with Crippen LogP contribution in [0.4, 0.5) is 10.1 Å². The van der Waals surface area contributed by atoms with E-state index in [1.54, 1.807) is 0 Å². The molecule has 0 aliphatic heterocycles. The summed E-state index contributed by atoms with van der Waals surface area (Å²) in [5.41, 5.74) is 0.299. The second-order valence-corrected chi connectivity index (χ2v) is 5.09. The smallest absolute Gasteiger partial charge is 0.255 e. The molecule has 0 aliphatic rings. The summed E-state index contributed by atoms with van der Waals surface area (Å²) in [5.74, 6) is -1.28. The van der Waals surface area contributed by atoms with E-state index < -0.39 is 11.7 Å². The van der Waals surface area contributed by atoms with Gasteiger partial charge >= 0.3 is 0 Å². The van der Waals surface area contributed by atoms with Crippen molar-refractivity contribution in [1.82, 2.24) is 0 Å². The molecule has 104 valence electrons. The van der Waals surface area contributed by atoms with Gasteiger partial charge in [-0.15, -0.1) is 0 Å².